The molecule has 0 aromatic heterocycles. The van der Waals surface area contributed by atoms with Crippen LogP contribution in [0.15, 0.2) is 78.6 Å². The van der Waals surface area contributed by atoms with Gasteiger partial charge in [0.15, 0.2) is 13.2 Å². The van der Waals surface area contributed by atoms with E-state index in [-0.39, 0.29) is 37.1 Å². The summed E-state index contributed by atoms with van der Waals surface area (Å²) < 4.78 is 15.3. The number of rotatable bonds is 8. The fourth-order valence-corrected chi connectivity index (χ4v) is 6.94. The topological polar surface area (TPSA) is 76.7 Å². The number of nitrogens with one attached hydrogen (secondary N) is 2. The van der Waals surface area contributed by atoms with Gasteiger partial charge >= 0.3 is 0 Å². The van der Waals surface area contributed by atoms with Crippen molar-refractivity contribution in [3.63, 3.8) is 0 Å². The Kier molecular flexibility index (Phi) is 9.71. The van der Waals surface area contributed by atoms with Gasteiger partial charge in [-0.1, -0.05) is 69.0 Å². The second-order valence-electron chi connectivity index (χ2n) is 9.70. The number of carbonyl (C=O) groups is 2. The molecule has 5 rings (SSSR count). The fraction of sp³-hybridized carbons (Fsp3) is 0.267. The first-order chi connectivity index (χ1) is 19.3. The zero-order valence-electron chi connectivity index (χ0n) is 21.3. The monoisotopic (exact) mass is 794 g/mol. The Morgan fingerprint density at radius 2 is 1.07 bits per heavy atom. The zero-order valence-corrected chi connectivity index (χ0v) is 27.7. The molecule has 0 bridgehead atoms. The smallest absolute Gasteiger partial charge is 0.258 e. The normalized spacial score (nSPS) is 17.0. The van der Waals surface area contributed by atoms with Gasteiger partial charge in [-0.15, -0.1) is 0 Å². The van der Waals surface area contributed by atoms with Crippen molar-refractivity contribution in [2.24, 2.45) is 0 Å². The highest BCUT2D eigenvalue weighted by Crippen LogP contribution is 2.35. The van der Waals surface area contributed by atoms with Crippen molar-refractivity contribution in [1.29, 1.82) is 0 Å². The molecule has 2 amide bonds. The lowest BCUT2D eigenvalue weighted by molar-refractivity contribution is -0.127. The number of fused-ring (bicyclic) bond motifs is 2. The molecule has 0 saturated heterocycles. The van der Waals surface area contributed by atoms with Crippen LogP contribution in [-0.4, -0.2) is 37.1 Å². The summed E-state index contributed by atoms with van der Waals surface area (Å²) in [7, 11) is 0. The Hall–Kier alpha value is -2.14. The molecule has 0 aliphatic heterocycles. The predicted molar refractivity (Wildman–Crippen MR) is 172 cm³/mol. The highest BCUT2D eigenvalue weighted by Gasteiger charge is 2.28. The first-order valence-electron chi connectivity index (χ1n) is 12.9. The van der Waals surface area contributed by atoms with Gasteiger partial charge in [0.1, 0.15) is 11.5 Å². The van der Waals surface area contributed by atoms with Crippen LogP contribution in [0, 0.1) is 0 Å². The summed E-state index contributed by atoms with van der Waals surface area (Å²) in [5, 5.41) is 10.3. The summed E-state index contributed by atoms with van der Waals surface area (Å²) in [5.74, 6) is 0.750. The quantitative estimate of drug-likeness (QED) is 0.189. The van der Waals surface area contributed by atoms with Crippen molar-refractivity contribution in [2.45, 2.75) is 37.8 Å². The highest BCUT2D eigenvalue weighted by molar-refractivity contribution is 9.11. The zero-order chi connectivity index (χ0) is 28.2. The summed E-state index contributed by atoms with van der Waals surface area (Å²) in [6, 6.07) is 19.3. The lowest BCUT2D eigenvalue weighted by Gasteiger charge is -2.32. The van der Waals surface area contributed by atoms with Crippen LogP contribution in [0.3, 0.4) is 0 Å². The number of halogens is 4. The van der Waals surface area contributed by atoms with Crippen LogP contribution >= 0.6 is 63.7 Å². The number of ether oxygens (including phenoxy) is 2. The summed E-state index contributed by atoms with van der Waals surface area (Å²) in [6.07, 6.45) is 3.55. The maximum Gasteiger partial charge on any atom is 0.258 e. The van der Waals surface area contributed by atoms with Gasteiger partial charge in [-0.25, -0.2) is 0 Å². The molecule has 1 aliphatic carbocycles. The molecule has 10 heteroatoms. The van der Waals surface area contributed by atoms with Gasteiger partial charge in [0.2, 0.25) is 0 Å². The lowest BCUT2D eigenvalue weighted by Crippen LogP contribution is -2.54. The van der Waals surface area contributed by atoms with E-state index in [9.17, 15) is 9.59 Å². The van der Waals surface area contributed by atoms with E-state index in [1.165, 1.54) is 0 Å². The molecule has 2 atom stereocenters. The molecule has 0 unspecified atom stereocenters. The summed E-state index contributed by atoms with van der Waals surface area (Å²) in [6.45, 7) is -0.235. The number of carbonyl (C=O) groups excluding carboxylic acids is 2. The Morgan fingerprint density at radius 1 is 0.650 bits per heavy atom. The van der Waals surface area contributed by atoms with Gasteiger partial charge in [-0.2, -0.15) is 0 Å². The molecular formula is C30H26Br4N2O4. The first kappa shape index (κ1) is 29.4. The molecule has 1 fully saturated rings. The standard InChI is InChI=1S/C30H26Br4N2O4/c31-19-7-9-21-17(13-19)5-11-25(29(21)33)39-15-27(37)35-23-3-1-2-4-24(23)36-28(38)16-40-26-12-6-18-14-20(32)8-10-22(18)30(26)34/h5-14,23-24H,1-4,15-16H2,(H,35,37)(H,36,38)/t23-,24-/m0/s1. The van der Waals surface area contributed by atoms with E-state index < -0.39 is 0 Å². The van der Waals surface area contributed by atoms with Crippen LogP contribution in [-0.2, 0) is 9.59 Å². The molecule has 40 heavy (non-hydrogen) atoms. The average molecular weight is 798 g/mol. The summed E-state index contributed by atoms with van der Waals surface area (Å²) in [4.78, 5) is 25.6. The Bertz CT molecular complexity index is 1460. The molecule has 4 aromatic rings. The van der Waals surface area contributed by atoms with Crippen LogP contribution in [0.25, 0.3) is 21.5 Å². The number of hydrogen-bond donors (Lipinski definition) is 2. The Balaban J connectivity index is 1.15. The Morgan fingerprint density at radius 3 is 1.50 bits per heavy atom. The Labute approximate surface area is 266 Å². The van der Waals surface area contributed by atoms with Crippen molar-refractivity contribution < 1.29 is 19.1 Å². The van der Waals surface area contributed by atoms with Gasteiger partial charge in [0, 0.05) is 21.0 Å². The van der Waals surface area contributed by atoms with E-state index >= 15 is 0 Å². The van der Waals surface area contributed by atoms with Crippen LogP contribution in [0.1, 0.15) is 25.7 Å². The molecular weight excluding hydrogens is 772 g/mol. The van der Waals surface area contributed by atoms with Crippen molar-refractivity contribution in [1.82, 2.24) is 10.6 Å². The van der Waals surface area contributed by atoms with E-state index in [1.807, 2.05) is 60.7 Å². The third kappa shape index (κ3) is 7.01. The highest BCUT2D eigenvalue weighted by atomic mass is 79.9. The second kappa shape index (κ2) is 13.2. The van der Waals surface area contributed by atoms with E-state index in [2.05, 4.69) is 74.4 Å². The van der Waals surface area contributed by atoms with Gasteiger partial charge in [-0.3, -0.25) is 9.59 Å². The number of hydrogen-bond acceptors (Lipinski definition) is 4. The molecule has 208 valence electrons. The van der Waals surface area contributed by atoms with Gasteiger partial charge < -0.3 is 20.1 Å². The fourth-order valence-electron chi connectivity index (χ4n) is 4.97. The minimum atomic E-state index is -0.225. The van der Waals surface area contributed by atoms with Crippen molar-refractivity contribution >= 4 is 97.1 Å². The number of amides is 2. The van der Waals surface area contributed by atoms with E-state index in [1.54, 1.807) is 0 Å². The molecule has 0 heterocycles. The molecule has 1 aliphatic rings. The summed E-state index contributed by atoms with van der Waals surface area (Å²) in [5.41, 5.74) is 0. The minimum Gasteiger partial charge on any atom is -0.483 e. The van der Waals surface area contributed by atoms with Gasteiger partial charge in [0.25, 0.3) is 11.8 Å². The van der Waals surface area contributed by atoms with E-state index in [0.717, 1.165) is 65.1 Å². The van der Waals surface area contributed by atoms with Crippen LogP contribution in [0.4, 0.5) is 0 Å². The van der Waals surface area contributed by atoms with Crippen LogP contribution in [0.2, 0.25) is 0 Å². The molecule has 1 saturated carbocycles. The molecule has 4 aromatic carbocycles. The molecule has 0 radical (unpaired) electrons. The van der Waals surface area contributed by atoms with Gasteiger partial charge in [-0.05, 0) is 103 Å². The van der Waals surface area contributed by atoms with Crippen LogP contribution < -0.4 is 20.1 Å². The molecule has 2 N–H and O–H groups in total. The van der Waals surface area contributed by atoms with Crippen LogP contribution in [0.5, 0.6) is 11.5 Å². The van der Waals surface area contributed by atoms with E-state index in [4.69, 9.17) is 9.47 Å². The molecule has 0 spiro atoms. The lowest BCUT2D eigenvalue weighted by atomic mass is 9.90. The average Bonchev–Trinajstić information content (AvgIpc) is 2.93. The maximum atomic E-state index is 12.8. The van der Waals surface area contributed by atoms with Gasteiger partial charge in [0.05, 0.1) is 8.95 Å². The third-order valence-electron chi connectivity index (χ3n) is 6.94. The SMILES string of the molecule is O=C(COc1ccc2cc(Br)ccc2c1Br)N[C@H]1CCCC[C@@H]1NC(=O)COc1ccc2cc(Br)ccc2c1Br. The van der Waals surface area contributed by atoms with Crippen molar-refractivity contribution in [3.05, 3.63) is 78.6 Å². The first-order valence-corrected chi connectivity index (χ1v) is 16.1. The van der Waals surface area contributed by atoms with Crippen molar-refractivity contribution in [3.8, 4) is 11.5 Å². The minimum absolute atomic E-state index is 0.118. The predicted octanol–water partition coefficient (Wildman–Crippen LogP) is 8.04. The van der Waals surface area contributed by atoms with E-state index in [0.29, 0.717) is 11.5 Å². The van der Waals surface area contributed by atoms with Crippen molar-refractivity contribution in [2.75, 3.05) is 13.2 Å². The third-order valence-corrected chi connectivity index (χ3v) is 9.56. The number of benzene rings is 4. The maximum absolute atomic E-state index is 12.8. The largest absolute Gasteiger partial charge is 0.483 e. The molecule has 6 nitrogen and oxygen atoms in total. The summed E-state index contributed by atoms with van der Waals surface area (Å²) >= 11 is 14.2. The second-order valence-corrected chi connectivity index (χ2v) is 13.1.